The van der Waals surface area contributed by atoms with E-state index in [1.807, 2.05) is 35.2 Å². The number of carbonyl (C=O) groups is 2. The second kappa shape index (κ2) is 8.66. The third-order valence-corrected chi connectivity index (χ3v) is 4.77. The molecule has 0 aromatic heterocycles. The van der Waals surface area contributed by atoms with Gasteiger partial charge in [0, 0.05) is 50.9 Å². The van der Waals surface area contributed by atoms with Gasteiger partial charge in [0.25, 0.3) is 0 Å². The summed E-state index contributed by atoms with van der Waals surface area (Å²) in [6.07, 6.45) is 0.806. The lowest BCUT2D eigenvalue weighted by Crippen LogP contribution is -2.48. The first-order valence-corrected chi connectivity index (χ1v) is 9.16. The van der Waals surface area contributed by atoms with Gasteiger partial charge in [0.2, 0.25) is 11.8 Å². The lowest BCUT2D eigenvalue weighted by molar-refractivity contribution is -0.129. The number of halogens is 1. The summed E-state index contributed by atoms with van der Waals surface area (Å²) in [6.45, 7) is 4.67. The Bertz CT molecular complexity index is 799. The maximum Gasteiger partial charge on any atom is 0.224 e. The molecule has 1 heterocycles. The highest BCUT2D eigenvalue weighted by molar-refractivity contribution is 5.91. The molecular formula is C21H24FN3O2. The van der Waals surface area contributed by atoms with Crippen molar-refractivity contribution in [2.24, 2.45) is 0 Å². The van der Waals surface area contributed by atoms with E-state index in [0.717, 1.165) is 43.1 Å². The normalized spacial score (nSPS) is 14.1. The minimum Gasteiger partial charge on any atom is -0.368 e. The highest BCUT2D eigenvalue weighted by atomic mass is 19.1. The molecule has 0 unspecified atom stereocenters. The molecule has 0 aliphatic carbocycles. The van der Waals surface area contributed by atoms with Crippen LogP contribution in [0.15, 0.2) is 48.5 Å². The summed E-state index contributed by atoms with van der Waals surface area (Å²) in [6, 6.07) is 14.0. The number of rotatable bonds is 5. The van der Waals surface area contributed by atoms with Crippen molar-refractivity contribution in [1.29, 1.82) is 0 Å². The Morgan fingerprint density at radius 1 is 1.04 bits per heavy atom. The zero-order valence-electron chi connectivity index (χ0n) is 15.5. The van der Waals surface area contributed by atoms with Crippen molar-refractivity contribution in [3.63, 3.8) is 0 Å². The van der Waals surface area contributed by atoms with E-state index < -0.39 is 0 Å². The molecule has 0 saturated carbocycles. The number of hydrogen-bond donors (Lipinski definition) is 1. The number of anilines is 2. The SMILES string of the molecule is CC(=O)N1CCN(c2ccc(NC(=O)CCc3cccc(F)c3)cc2)CC1. The fourth-order valence-electron chi connectivity index (χ4n) is 3.21. The lowest BCUT2D eigenvalue weighted by Gasteiger charge is -2.35. The number of nitrogens with zero attached hydrogens (tertiary/aromatic N) is 2. The molecule has 0 radical (unpaired) electrons. The Kier molecular flexibility index (Phi) is 6.06. The molecule has 1 aliphatic heterocycles. The Morgan fingerprint density at radius 3 is 2.37 bits per heavy atom. The highest BCUT2D eigenvalue weighted by Crippen LogP contribution is 2.20. The van der Waals surface area contributed by atoms with Crippen molar-refractivity contribution in [3.8, 4) is 0 Å². The van der Waals surface area contributed by atoms with Gasteiger partial charge in [-0.25, -0.2) is 4.39 Å². The van der Waals surface area contributed by atoms with Crippen LogP contribution in [0.1, 0.15) is 18.9 Å². The lowest BCUT2D eigenvalue weighted by atomic mass is 10.1. The first-order chi connectivity index (χ1) is 13.0. The van der Waals surface area contributed by atoms with Gasteiger partial charge >= 0.3 is 0 Å². The van der Waals surface area contributed by atoms with E-state index in [1.165, 1.54) is 12.1 Å². The van der Waals surface area contributed by atoms with Crippen LogP contribution in [0.4, 0.5) is 15.8 Å². The van der Waals surface area contributed by atoms with E-state index in [2.05, 4.69) is 10.2 Å². The molecule has 27 heavy (non-hydrogen) atoms. The van der Waals surface area contributed by atoms with Crippen LogP contribution in [-0.4, -0.2) is 42.9 Å². The standard InChI is InChI=1S/C21H24FN3O2/c1-16(26)24-11-13-25(14-12-24)20-8-6-19(7-9-20)23-21(27)10-5-17-3-2-4-18(22)15-17/h2-4,6-9,15H,5,10-14H2,1H3,(H,23,27). The third kappa shape index (κ3) is 5.29. The van der Waals surface area contributed by atoms with Crippen molar-refractivity contribution in [2.45, 2.75) is 19.8 Å². The van der Waals surface area contributed by atoms with E-state index in [-0.39, 0.29) is 17.6 Å². The van der Waals surface area contributed by atoms with E-state index in [0.29, 0.717) is 12.8 Å². The third-order valence-electron chi connectivity index (χ3n) is 4.77. The number of carbonyl (C=O) groups excluding carboxylic acids is 2. The van der Waals surface area contributed by atoms with Gasteiger partial charge in [-0.2, -0.15) is 0 Å². The van der Waals surface area contributed by atoms with Gasteiger partial charge in [-0.3, -0.25) is 9.59 Å². The highest BCUT2D eigenvalue weighted by Gasteiger charge is 2.18. The van der Waals surface area contributed by atoms with Crippen molar-refractivity contribution in [1.82, 2.24) is 4.90 Å². The Labute approximate surface area is 158 Å². The van der Waals surface area contributed by atoms with Crippen molar-refractivity contribution in [3.05, 3.63) is 59.9 Å². The monoisotopic (exact) mass is 369 g/mol. The molecule has 2 amide bonds. The maximum absolute atomic E-state index is 13.2. The summed E-state index contributed by atoms with van der Waals surface area (Å²) in [4.78, 5) is 27.6. The molecular weight excluding hydrogens is 345 g/mol. The summed E-state index contributed by atoms with van der Waals surface area (Å²) in [7, 11) is 0. The Morgan fingerprint density at radius 2 is 1.74 bits per heavy atom. The number of piperazine rings is 1. The molecule has 1 fully saturated rings. The van der Waals surface area contributed by atoms with E-state index >= 15 is 0 Å². The minimum absolute atomic E-state index is 0.0953. The fourth-order valence-corrected chi connectivity index (χ4v) is 3.21. The van der Waals surface area contributed by atoms with Crippen LogP contribution in [0.2, 0.25) is 0 Å². The summed E-state index contributed by atoms with van der Waals surface area (Å²) >= 11 is 0. The van der Waals surface area contributed by atoms with Crippen LogP contribution in [-0.2, 0) is 16.0 Å². The minimum atomic E-state index is -0.285. The molecule has 1 saturated heterocycles. The van der Waals surface area contributed by atoms with Crippen molar-refractivity contribution >= 4 is 23.2 Å². The molecule has 1 aliphatic rings. The predicted molar refractivity (Wildman–Crippen MR) is 104 cm³/mol. The van der Waals surface area contributed by atoms with Crippen molar-refractivity contribution in [2.75, 3.05) is 36.4 Å². The van der Waals surface area contributed by atoms with Gasteiger partial charge in [-0.15, -0.1) is 0 Å². The maximum atomic E-state index is 13.2. The van der Waals surface area contributed by atoms with Gasteiger partial charge < -0.3 is 15.1 Å². The molecule has 3 rings (SSSR count). The quantitative estimate of drug-likeness (QED) is 0.881. The first kappa shape index (κ1) is 18.9. The molecule has 2 aromatic rings. The first-order valence-electron chi connectivity index (χ1n) is 9.16. The average Bonchev–Trinajstić information content (AvgIpc) is 2.67. The van der Waals surface area contributed by atoms with Crippen LogP contribution in [0.5, 0.6) is 0 Å². The second-order valence-corrected chi connectivity index (χ2v) is 6.72. The summed E-state index contributed by atoms with van der Waals surface area (Å²) in [5, 5.41) is 2.87. The molecule has 5 nitrogen and oxygen atoms in total. The van der Waals surface area contributed by atoms with Gasteiger partial charge in [0.1, 0.15) is 5.82 Å². The topological polar surface area (TPSA) is 52.7 Å². The number of amides is 2. The smallest absolute Gasteiger partial charge is 0.224 e. The van der Waals surface area contributed by atoms with Crippen LogP contribution in [0.3, 0.4) is 0 Å². The van der Waals surface area contributed by atoms with Gasteiger partial charge in [-0.1, -0.05) is 12.1 Å². The fraction of sp³-hybridized carbons (Fsp3) is 0.333. The number of hydrogen-bond acceptors (Lipinski definition) is 3. The molecule has 142 valence electrons. The van der Waals surface area contributed by atoms with Gasteiger partial charge in [-0.05, 0) is 48.4 Å². The second-order valence-electron chi connectivity index (χ2n) is 6.72. The molecule has 0 spiro atoms. The van der Waals surface area contributed by atoms with Crippen LogP contribution < -0.4 is 10.2 Å². The molecule has 6 heteroatoms. The zero-order chi connectivity index (χ0) is 19.2. The molecule has 0 atom stereocenters. The van der Waals surface area contributed by atoms with E-state index in [1.54, 1.807) is 13.0 Å². The number of aryl methyl sites for hydroxylation is 1. The Hall–Kier alpha value is -2.89. The molecule has 0 bridgehead atoms. The predicted octanol–water partition coefficient (Wildman–Crippen LogP) is 3.07. The number of benzene rings is 2. The Balaban J connectivity index is 1.49. The largest absolute Gasteiger partial charge is 0.368 e. The van der Waals surface area contributed by atoms with Crippen LogP contribution >= 0.6 is 0 Å². The summed E-state index contributed by atoms with van der Waals surface area (Å²) in [5.41, 5.74) is 2.63. The summed E-state index contributed by atoms with van der Waals surface area (Å²) in [5.74, 6) is -0.263. The molecule has 1 N–H and O–H groups in total. The number of nitrogens with one attached hydrogen (secondary N) is 1. The van der Waals surface area contributed by atoms with E-state index in [4.69, 9.17) is 0 Å². The van der Waals surface area contributed by atoms with E-state index in [9.17, 15) is 14.0 Å². The van der Waals surface area contributed by atoms with Crippen LogP contribution in [0.25, 0.3) is 0 Å². The van der Waals surface area contributed by atoms with Gasteiger partial charge in [0.15, 0.2) is 0 Å². The average molecular weight is 369 g/mol. The van der Waals surface area contributed by atoms with Gasteiger partial charge in [0.05, 0.1) is 0 Å². The molecule has 2 aromatic carbocycles. The summed E-state index contributed by atoms with van der Waals surface area (Å²) < 4.78 is 13.2. The zero-order valence-corrected chi connectivity index (χ0v) is 15.5. The van der Waals surface area contributed by atoms with Crippen molar-refractivity contribution < 1.29 is 14.0 Å². The van der Waals surface area contributed by atoms with Crippen LogP contribution in [0, 0.1) is 5.82 Å².